The van der Waals surface area contributed by atoms with Crippen LogP contribution in [0.25, 0.3) is 10.9 Å². The first kappa shape index (κ1) is 24.3. The van der Waals surface area contributed by atoms with Crippen LogP contribution < -0.4 is 10.1 Å². The van der Waals surface area contributed by atoms with Gasteiger partial charge in [-0.3, -0.25) is 9.78 Å². The van der Waals surface area contributed by atoms with Crippen molar-refractivity contribution in [1.29, 1.82) is 0 Å². The molecule has 37 heavy (non-hydrogen) atoms. The van der Waals surface area contributed by atoms with Crippen molar-refractivity contribution in [1.82, 2.24) is 15.3 Å². The van der Waals surface area contributed by atoms with Gasteiger partial charge in [0.05, 0.1) is 0 Å². The smallest absolute Gasteiger partial charge is 0.221 e. The van der Waals surface area contributed by atoms with Gasteiger partial charge in [-0.05, 0) is 58.5 Å². The van der Waals surface area contributed by atoms with Gasteiger partial charge in [0.15, 0.2) is 0 Å². The van der Waals surface area contributed by atoms with Gasteiger partial charge in [0, 0.05) is 48.4 Å². The number of hydrogen-bond acceptors (Lipinski definition) is 3. The molecule has 2 heterocycles. The van der Waals surface area contributed by atoms with E-state index < -0.39 is 0 Å². The summed E-state index contributed by atoms with van der Waals surface area (Å²) >= 11 is 0. The number of ether oxygens (including phenoxy) is 1. The number of carbonyl (C=O) groups is 1. The molecule has 0 bridgehead atoms. The number of H-pyrrole nitrogens is 1. The molecule has 5 heteroatoms. The first-order valence-electron chi connectivity index (χ1n) is 12.7. The number of amides is 1. The molecule has 0 radical (unpaired) electrons. The van der Waals surface area contributed by atoms with Gasteiger partial charge in [-0.2, -0.15) is 0 Å². The van der Waals surface area contributed by atoms with Crippen LogP contribution in [0.1, 0.15) is 47.1 Å². The van der Waals surface area contributed by atoms with Crippen LogP contribution in [0.3, 0.4) is 0 Å². The predicted molar refractivity (Wildman–Crippen MR) is 147 cm³/mol. The molecular formula is C32H31N3O2. The van der Waals surface area contributed by atoms with E-state index in [0.29, 0.717) is 19.6 Å². The quantitative estimate of drug-likeness (QED) is 0.234. The first-order chi connectivity index (χ1) is 18.2. The third-order valence-corrected chi connectivity index (χ3v) is 6.75. The Balaban J connectivity index is 1.38. The van der Waals surface area contributed by atoms with E-state index in [4.69, 9.17) is 4.74 Å². The fourth-order valence-electron chi connectivity index (χ4n) is 4.73. The molecule has 0 spiro atoms. The molecule has 2 N–H and O–H groups in total. The Bertz CT molecular complexity index is 1440. The Labute approximate surface area is 217 Å². The van der Waals surface area contributed by atoms with Crippen LogP contribution in [0, 0.1) is 0 Å². The zero-order chi connectivity index (χ0) is 25.5. The summed E-state index contributed by atoms with van der Waals surface area (Å²) in [5.41, 5.74) is 6.77. The number of aromatic nitrogens is 2. The minimum absolute atomic E-state index is 0.00668. The number of rotatable bonds is 10. The van der Waals surface area contributed by atoms with Crippen LogP contribution in [0.4, 0.5) is 0 Å². The summed E-state index contributed by atoms with van der Waals surface area (Å²) < 4.78 is 6.00. The summed E-state index contributed by atoms with van der Waals surface area (Å²) in [6.07, 6.45) is 6.83. The maximum absolute atomic E-state index is 13.1. The third kappa shape index (κ3) is 5.89. The maximum atomic E-state index is 13.1. The molecule has 0 unspecified atom stereocenters. The van der Waals surface area contributed by atoms with E-state index >= 15 is 0 Å². The predicted octanol–water partition coefficient (Wildman–Crippen LogP) is 6.54. The molecule has 0 saturated heterocycles. The molecule has 5 rings (SSSR count). The lowest BCUT2D eigenvalue weighted by atomic mass is 9.87. The van der Waals surface area contributed by atoms with Gasteiger partial charge >= 0.3 is 0 Å². The average molecular weight is 490 g/mol. The van der Waals surface area contributed by atoms with Gasteiger partial charge in [0.25, 0.3) is 0 Å². The Kier molecular flexibility index (Phi) is 7.60. The van der Waals surface area contributed by atoms with Gasteiger partial charge in [-0.1, -0.05) is 67.6 Å². The maximum Gasteiger partial charge on any atom is 0.221 e. The van der Waals surface area contributed by atoms with Crippen LogP contribution in [-0.4, -0.2) is 15.9 Å². The summed E-state index contributed by atoms with van der Waals surface area (Å²) in [6.45, 7) is 3.16. The van der Waals surface area contributed by atoms with Crippen molar-refractivity contribution >= 4 is 16.8 Å². The first-order valence-corrected chi connectivity index (χ1v) is 12.7. The summed E-state index contributed by atoms with van der Waals surface area (Å²) in [7, 11) is 0. The molecule has 2 aromatic heterocycles. The molecule has 0 fully saturated rings. The highest BCUT2D eigenvalue weighted by Gasteiger charge is 2.22. The number of nitrogens with zero attached hydrogens (tertiary/aromatic N) is 1. The molecule has 5 nitrogen and oxygen atoms in total. The SMILES string of the molecule is CCc1cccc2c([C@H](CC(=O)NCc3ccncc3)c3ccc(OCc4ccccc4)cc3)c[nH]c12. The number of aryl methyl sites for hydroxylation is 1. The number of carbonyl (C=O) groups excluding carboxylic acids is 1. The summed E-state index contributed by atoms with van der Waals surface area (Å²) in [6, 6.07) is 28.5. The summed E-state index contributed by atoms with van der Waals surface area (Å²) in [5.74, 6) is 0.717. The normalized spacial score (nSPS) is 11.8. The van der Waals surface area contributed by atoms with Gasteiger partial charge in [0.1, 0.15) is 12.4 Å². The van der Waals surface area contributed by atoms with Crippen molar-refractivity contribution in [3.8, 4) is 5.75 Å². The van der Waals surface area contributed by atoms with Crippen molar-refractivity contribution < 1.29 is 9.53 Å². The minimum atomic E-state index is -0.0959. The minimum Gasteiger partial charge on any atom is -0.489 e. The molecule has 1 atom stereocenters. The van der Waals surface area contributed by atoms with E-state index in [-0.39, 0.29) is 11.8 Å². The molecule has 0 aliphatic rings. The van der Waals surface area contributed by atoms with E-state index in [1.807, 2.05) is 42.5 Å². The van der Waals surface area contributed by atoms with Crippen molar-refractivity contribution in [3.05, 3.63) is 131 Å². The zero-order valence-corrected chi connectivity index (χ0v) is 21.0. The zero-order valence-electron chi connectivity index (χ0n) is 21.0. The van der Waals surface area contributed by atoms with Gasteiger partial charge in [-0.15, -0.1) is 0 Å². The van der Waals surface area contributed by atoms with Crippen LogP contribution in [0.5, 0.6) is 5.75 Å². The van der Waals surface area contributed by atoms with Gasteiger partial charge in [0.2, 0.25) is 5.91 Å². The Morgan fingerprint density at radius 3 is 2.46 bits per heavy atom. The lowest BCUT2D eigenvalue weighted by Crippen LogP contribution is -2.25. The molecule has 3 aromatic carbocycles. The Morgan fingerprint density at radius 1 is 0.919 bits per heavy atom. The van der Waals surface area contributed by atoms with Gasteiger partial charge in [-0.25, -0.2) is 0 Å². The highest BCUT2D eigenvalue weighted by molar-refractivity contribution is 5.88. The fourth-order valence-corrected chi connectivity index (χ4v) is 4.73. The van der Waals surface area contributed by atoms with Crippen molar-refractivity contribution in [2.45, 2.75) is 38.8 Å². The topological polar surface area (TPSA) is 67.0 Å². The standard InChI is InChI=1S/C32H31N3O2/c1-2-25-9-6-10-28-30(21-35-32(25)28)29(19-31(36)34-20-23-15-17-33-18-16-23)26-11-13-27(14-12-26)37-22-24-7-4-3-5-8-24/h3-18,21,29,35H,2,19-20,22H2,1H3,(H,34,36)/t29-/m1/s1. The number of fused-ring (bicyclic) bond motifs is 1. The Hall–Kier alpha value is -4.38. The van der Waals surface area contributed by atoms with Crippen molar-refractivity contribution in [3.63, 3.8) is 0 Å². The van der Waals surface area contributed by atoms with Crippen molar-refractivity contribution in [2.75, 3.05) is 0 Å². The Morgan fingerprint density at radius 2 is 1.70 bits per heavy atom. The van der Waals surface area contributed by atoms with Crippen molar-refractivity contribution in [2.24, 2.45) is 0 Å². The van der Waals surface area contributed by atoms with E-state index in [9.17, 15) is 4.79 Å². The third-order valence-electron chi connectivity index (χ3n) is 6.75. The second kappa shape index (κ2) is 11.6. The van der Waals surface area contributed by atoms with Gasteiger partial charge < -0.3 is 15.0 Å². The van der Waals surface area contributed by atoms with Crippen LogP contribution in [0.15, 0.2) is 104 Å². The molecule has 0 aliphatic carbocycles. The summed E-state index contributed by atoms with van der Waals surface area (Å²) in [5, 5.41) is 4.24. The van der Waals surface area contributed by atoms with Crippen LogP contribution >= 0.6 is 0 Å². The van der Waals surface area contributed by atoms with E-state index in [0.717, 1.165) is 45.3 Å². The fraction of sp³-hybridized carbons (Fsp3) is 0.188. The van der Waals surface area contributed by atoms with Crippen LogP contribution in [0.2, 0.25) is 0 Å². The lowest BCUT2D eigenvalue weighted by Gasteiger charge is -2.18. The molecule has 186 valence electrons. The average Bonchev–Trinajstić information content (AvgIpc) is 3.39. The number of hydrogen-bond donors (Lipinski definition) is 2. The number of aromatic amines is 1. The monoisotopic (exact) mass is 489 g/mol. The van der Waals surface area contributed by atoms with E-state index in [2.05, 4.69) is 70.9 Å². The second-order valence-electron chi connectivity index (χ2n) is 9.17. The lowest BCUT2D eigenvalue weighted by molar-refractivity contribution is -0.121. The highest BCUT2D eigenvalue weighted by Crippen LogP contribution is 2.35. The summed E-state index contributed by atoms with van der Waals surface area (Å²) in [4.78, 5) is 20.6. The number of pyridine rings is 1. The largest absolute Gasteiger partial charge is 0.489 e. The van der Waals surface area contributed by atoms with E-state index in [1.54, 1.807) is 12.4 Å². The molecule has 0 saturated carbocycles. The number of benzene rings is 3. The molecule has 0 aliphatic heterocycles. The number of para-hydroxylation sites is 1. The van der Waals surface area contributed by atoms with Crippen LogP contribution in [-0.2, 0) is 24.4 Å². The highest BCUT2D eigenvalue weighted by atomic mass is 16.5. The van der Waals surface area contributed by atoms with E-state index in [1.165, 1.54) is 5.56 Å². The number of nitrogens with one attached hydrogen (secondary N) is 2. The molecule has 1 amide bonds. The molecular weight excluding hydrogens is 458 g/mol. The second-order valence-corrected chi connectivity index (χ2v) is 9.17. The molecule has 5 aromatic rings.